The lowest BCUT2D eigenvalue weighted by molar-refractivity contribution is -0.385. The van der Waals surface area contributed by atoms with Crippen LogP contribution in [0.1, 0.15) is 11.9 Å². The van der Waals surface area contributed by atoms with Gasteiger partial charge in [0.1, 0.15) is 24.4 Å². The number of nitro groups is 1. The van der Waals surface area contributed by atoms with Crippen LogP contribution in [0, 0.1) is 10.1 Å². The molecular weight excluding hydrogens is 298 g/mol. The Morgan fingerprint density at radius 2 is 2.14 bits per heavy atom. The third-order valence-corrected chi connectivity index (χ3v) is 3.35. The van der Waals surface area contributed by atoms with E-state index in [2.05, 4.69) is 0 Å². The number of aliphatic hydroxyl groups excluding tert-OH is 4. The molecule has 9 nitrogen and oxygen atoms in total. The van der Waals surface area contributed by atoms with Crippen molar-refractivity contribution in [2.24, 2.45) is 0 Å². The van der Waals surface area contributed by atoms with Crippen LogP contribution in [-0.4, -0.2) is 63.0 Å². The zero-order valence-electron chi connectivity index (χ0n) is 11.5. The van der Waals surface area contributed by atoms with Crippen molar-refractivity contribution in [3.05, 3.63) is 39.9 Å². The zero-order chi connectivity index (χ0) is 16.3. The third-order valence-electron chi connectivity index (χ3n) is 3.35. The molecule has 0 spiro atoms. The van der Waals surface area contributed by atoms with E-state index in [1.54, 1.807) is 0 Å². The average molecular weight is 315 g/mol. The first-order valence-corrected chi connectivity index (χ1v) is 6.60. The first-order chi connectivity index (χ1) is 10.4. The van der Waals surface area contributed by atoms with Gasteiger partial charge in [-0.1, -0.05) is 12.1 Å². The molecule has 1 heterocycles. The average Bonchev–Trinajstić information content (AvgIpc) is 2.67. The predicted molar refractivity (Wildman–Crippen MR) is 71.8 cm³/mol. The third kappa shape index (κ3) is 3.58. The molecule has 0 amide bonds. The van der Waals surface area contributed by atoms with Gasteiger partial charge in [0.15, 0.2) is 6.29 Å². The van der Waals surface area contributed by atoms with Crippen LogP contribution < -0.4 is 0 Å². The first-order valence-electron chi connectivity index (χ1n) is 6.60. The van der Waals surface area contributed by atoms with Crippen molar-refractivity contribution in [2.75, 3.05) is 13.2 Å². The van der Waals surface area contributed by atoms with Gasteiger partial charge in [-0.15, -0.1) is 0 Å². The summed E-state index contributed by atoms with van der Waals surface area (Å²) in [7, 11) is 0. The standard InChI is InChI=1S/C13H17NO8/c15-5-9(16)12-11(18)10(17)6-21-13(22-12)7-2-1-3-8(4-7)14(19)20/h1-4,9-13,15-18H,5-6H2/t9-,10+,11-,12-,13?/m1/s1. The van der Waals surface area contributed by atoms with Crippen LogP contribution in [0.4, 0.5) is 5.69 Å². The highest BCUT2D eigenvalue weighted by Gasteiger charge is 2.38. The summed E-state index contributed by atoms with van der Waals surface area (Å²) in [6, 6.07) is 5.49. The van der Waals surface area contributed by atoms with Gasteiger partial charge < -0.3 is 29.9 Å². The molecule has 1 saturated heterocycles. The van der Waals surface area contributed by atoms with Crippen LogP contribution in [0.25, 0.3) is 0 Å². The number of hydrogen-bond donors (Lipinski definition) is 4. The van der Waals surface area contributed by atoms with E-state index >= 15 is 0 Å². The second-order valence-electron chi connectivity index (χ2n) is 4.93. The molecule has 1 aliphatic heterocycles. The number of benzene rings is 1. The van der Waals surface area contributed by atoms with Crippen LogP contribution in [0.5, 0.6) is 0 Å². The molecule has 2 rings (SSSR count). The monoisotopic (exact) mass is 315 g/mol. The van der Waals surface area contributed by atoms with Gasteiger partial charge in [-0.25, -0.2) is 0 Å². The second kappa shape index (κ2) is 7.09. The summed E-state index contributed by atoms with van der Waals surface area (Å²) in [5.74, 6) is 0. The van der Waals surface area contributed by atoms with Crippen LogP contribution >= 0.6 is 0 Å². The minimum atomic E-state index is -1.47. The maximum atomic E-state index is 10.8. The minimum Gasteiger partial charge on any atom is -0.394 e. The number of ether oxygens (including phenoxy) is 2. The van der Waals surface area contributed by atoms with E-state index in [-0.39, 0.29) is 12.3 Å². The lowest BCUT2D eigenvalue weighted by Crippen LogP contribution is -2.47. The van der Waals surface area contributed by atoms with E-state index in [0.717, 1.165) is 0 Å². The van der Waals surface area contributed by atoms with Gasteiger partial charge in [0.2, 0.25) is 0 Å². The topological polar surface area (TPSA) is 143 Å². The summed E-state index contributed by atoms with van der Waals surface area (Å²) in [4.78, 5) is 10.2. The smallest absolute Gasteiger partial charge is 0.269 e. The number of rotatable bonds is 4. The Balaban J connectivity index is 2.26. The van der Waals surface area contributed by atoms with Gasteiger partial charge in [-0.3, -0.25) is 10.1 Å². The predicted octanol–water partition coefficient (Wildman–Crippen LogP) is -0.916. The maximum absolute atomic E-state index is 10.8. The van der Waals surface area contributed by atoms with Crippen molar-refractivity contribution in [2.45, 2.75) is 30.7 Å². The molecule has 0 radical (unpaired) electrons. The van der Waals surface area contributed by atoms with Crippen molar-refractivity contribution in [1.29, 1.82) is 0 Å². The van der Waals surface area contributed by atoms with Crippen molar-refractivity contribution >= 4 is 5.69 Å². The fraction of sp³-hybridized carbons (Fsp3) is 0.538. The van der Waals surface area contributed by atoms with Crippen molar-refractivity contribution < 1.29 is 34.8 Å². The van der Waals surface area contributed by atoms with E-state index < -0.39 is 42.2 Å². The van der Waals surface area contributed by atoms with Gasteiger partial charge in [0.25, 0.3) is 5.69 Å². The highest BCUT2D eigenvalue weighted by Crippen LogP contribution is 2.29. The molecule has 22 heavy (non-hydrogen) atoms. The van der Waals surface area contributed by atoms with Gasteiger partial charge in [0, 0.05) is 17.7 Å². The molecule has 122 valence electrons. The quantitative estimate of drug-likeness (QED) is 0.413. The van der Waals surface area contributed by atoms with Crippen LogP contribution in [0.15, 0.2) is 24.3 Å². The second-order valence-corrected chi connectivity index (χ2v) is 4.93. The fourth-order valence-corrected chi connectivity index (χ4v) is 2.15. The lowest BCUT2D eigenvalue weighted by Gasteiger charge is -2.27. The molecule has 0 saturated carbocycles. The maximum Gasteiger partial charge on any atom is 0.269 e. The molecule has 0 aliphatic carbocycles. The van der Waals surface area contributed by atoms with Crippen molar-refractivity contribution in [1.82, 2.24) is 0 Å². The zero-order valence-corrected chi connectivity index (χ0v) is 11.5. The Kier molecular flexibility index (Phi) is 5.40. The van der Waals surface area contributed by atoms with Crippen LogP contribution in [0.2, 0.25) is 0 Å². The van der Waals surface area contributed by atoms with Gasteiger partial charge >= 0.3 is 0 Å². The molecule has 0 aromatic heterocycles. The number of nitro benzene ring substituents is 1. The summed E-state index contributed by atoms with van der Waals surface area (Å²) in [5, 5.41) is 49.1. The number of non-ortho nitro benzene ring substituents is 1. The van der Waals surface area contributed by atoms with E-state index in [9.17, 15) is 25.4 Å². The van der Waals surface area contributed by atoms with Gasteiger partial charge in [-0.05, 0) is 0 Å². The van der Waals surface area contributed by atoms with Gasteiger partial charge in [0.05, 0.1) is 18.1 Å². The summed E-state index contributed by atoms with van der Waals surface area (Å²) in [6.07, 6.45) is -6.65. The molecule has 1 aromatic rings. The number of nitrogens with zero attached hydrogens (tertiary/aromatic N) is 1. The summed E-state index contributed by atoms with van der Waals surface area (Å²) < 4.78 is 10.7. The molecule has 1 aliphatic rings. The Hall–Kier alpha value is -1.62. The number of aliphatic hydroxyl groups is 4. The largest absolute Gasteiger partial charge is 0.394 e. The summed E-state index contributed by atoms with van der Waals surface area (Å²) in [6.45, 7) is -0.973. The fourth-order valence-electron chi connectivity index (χ4n) is 2.15. The van der Waals surface area contributed by atoms with Crippen LogP contribution in [-0.2, 0) is 9.47 Å². The van der Waals surface area contributed by atoms with Crippen molar-refractivity contribution in [3.8, 4) is 0 Å². The molecular formula is C13H17NO8. The lowest BCUT2D eigenvalue weighted by atomic mass is 10.0. The summed E-state index contributed by atoms with van der Waals surface area (Å²) in [5.41, 5.74) is 0.125. The molecule has 0 bridgehead atoms. The van der Waals surface area contributed by atoms with E-state index in [1.807, 2.05) is 0 Å². The van der Waals surface area contributed by atoms with Gasteiger partial charge in [-0.2, -0.15) is 0 Å². The normalized spacial score (nSPS) is 30.5. The molecule has 1 aromatic carbocycles. The van der Waals surface area contributed by atoms with E-state index in [1.165, 1.54) is 24.3 Å². The molecule has 5 atom stereocenters. The SMILES string of the molecule is O=[N+]([O-])c1cccc(C2OC[C@H](O)[C@@H](O)[C@@H]([C@H](O)CO)O2)c1. The van der Waals surface area contributed by atoms with E-state index in [4.69, 9.17) is 14.6 Å². The highest BCUT2D eigenvalue weighted by molar-refractivity contribution is 5.34. The van der Waals surface area contributed by atoms with E-state index in [0.29, 0.717) is 5.56 Å². The first kappa shape index (κ1) is 16.7. The number of hydrogen-bond acceptors (Lipinski definition) is 8. The molecule has 4 N–H and O–H groups in total. The van der Waals surface area contributed by atoms with Crippen LogP contribution in [0.3, 0.4) is 0 Å². The van der Waals surface area contributed by atoms with Crippen molar-refractivity contribution in [3.63, 3.8) is 0 Å². The molecule has 9 heteroatoms. The summed E-state index contributed by atoms with van der Waals surface area (Å²) >= 11 is 0. The minimum absolute atomic E-state index is 0.172. The molecule has 1 unspecified atom stereocenters. The Morgan fingerprint density at radius 3 is 2.77 bits per heavy atom. The Labute approximate surface area is 125 Å². The molecule has 1 fully saturated rings. The Bertz CT molecular complexity index is 525. The Morgan fingerprint density at radius 1 is 1.41 bits per heavy atom. The highest BCUT2D eigenvalue weighted by atomic mass is 16.7.